The van der Waals surface area contributed by atoms with Crippen molar-refractivity contribution in [2.45, 2.75) is 26.2 Å². The maximum atomic E-state index is 5.44. The lowest BCUT2D eigenvalue weighted by molar-refractivity contribution is 0.795. The molecule has 1 aromatic rings. The summed E-state index contributed by atoms with van der Waals surface area (Å²) in [7, 11) is 0. The van der Waals surface area contributed by atoms with Crippen LogP contribution in [0.5, 0.6) is 0 Å². The molecule has 0 fully saturated rings. The van der Waals surface area contributed by atoms with E-state index in [4.69, 9.17) is 11.6 Å². The quantitative estimate of drug-likeness (QED) is 0.302. The van der Waals surface area contributed by atoms with Crippen molar-refractivity contribution in [3.05, 3.63) is 29.8 Å². The molecule has 1 rings (SSSR count). The standard InChI is InChI=1S/C11H18N4/c1-2-3-4-9-5-7-10(8-6-9)14-11(12)15-13/h5-8H,2-4,13H2,1H3,(H3,12,14,15). The number of aryl methyl sites for hydroxylation is 1. The van der Waals surface area contributed by atoms with Gasteiger partial charge in [-0.3, -0.25) is 5.43 Å². The molecule has 0 aliphatic carbocycles. The van der Waals surface area contributed by atoms with Crippen LogP contribution in [0.1, 0.15) is 25.3 Å². The van der Waals surface area contributed by atoms with Gasteiger partial charge in [0, 0.05) is 0 Å². The van der Waals surface area contributed by atoms with E-state index in [2.05, 4.69) is 29.5 Å². The number of hydrazine groups is 1. The van der Waals surface area contributed by atoms with Crippen molar-refractivity contribution in [2.24, 2.45) is 16.6 Å². The number of aliphatic imine (C=N–C) groups is 1. The van der Waals surface area contributed by atoms with E-state index < -0.39 is 0 Å². The van der Waals surface area contributed by atoms with Gasteiger partial charge in [0.15, 0.2) is 0 Å². The monoisotopic (exact) mass is 206 g/mol. The van der Waals surface area contributed by atoms with Gasteiger partial charge < -0.3 is 5.73 Å². The third-order valence-corrected chi connectivity index (χ3v) is 2.15. The zero-order valence-electron chi connectivity index (χ0n) is 9.03. The zero-order chi connectivity index (χ0) is 11.1. The lowest BCUT2D eigenvalue weighted by Gasteiger charge is -2.01. The molecule has 0 saturated heterocycles. The summed E-state index contributed by atoms with van der Waals surface area (Å²) in [5.74, 6) is 5.33. The van der Waals surface area contributed by atoms with Crippen LogP contribution in [0, 0.1) is 0 Å². The highest BCUT2D eigenvalue weighted by Crippen LogP contribution is 2.14. The van der Waals surface area contributed by atoms with E-state index in [0.29, 0.717) is 0 Å². The first kappa shape index (κ1) is 11.5. The average molecular weight is 206 g/mol. The smallest absolute Gasteiger partial charge is 0.208 e. The highest BCUT2D eigenvalue weighted by Gasteiger charge is 1.94. The fourth-order valence-electron chi connectivity index (χ4n) is 1.29. The van der Waals surface area contributed by atoms with Crippen molar-refractivity contribution >= 4 is 11.6 Å². The predicted molar refractivity (Wildman–Crippen MR) is 63.7 cm³/mol. The first-order chi connectivity index (χ1) is 7.26. The largest absolute Gasteiger partial charge is 0.369 e. The van der Waals surface area contributed by atoms with Crippen LogP contribution in [0.4, 0.5) is 5.69 Å². The maximum absolute atomic E-state index is 5.44. The van der Waals surface area contributed by atoms with Crippen molar-refractivity contribution in [1.29, 1.82) is 0 Å². The average Bonchev–Trinajstić information content (AvgIpc) is 2.28. The summed E-state index contributed by atoms with van der Waals surface area (Å²) < 4.78 is 0. The zero-order valence-corrected chi connectivity index (χ0v) is 9.03. The van der Waals surface area contributed by atoms with E-state index in [0.717, 1.165) is 12.1 Å². The van der Waals surface area contributed by atoms with Gasteiger partial charge in [-0.25, -0.2) is 10.8 Å². The molecule has 0 unspecified atom stereocenters. The molecule has 0 spiro atoms. The molecule has 0 radical (unpaired) electrons. The minimum absolute atomic E-state index is 0.219. The summed E-state index contributed by atoms with van der Waals surface area (Å²) in [6.45, 7) is 2.19. The van der Waals surface area contributed by atoms with Crippen LogP contribution < -0.4 is 17.0 Å². The number of nitrogens with one attached hydrogen (secondary N) is 1. The summed E-state index contributed by atoms with van der Waals surface area (Å²) in [5, 5.41) is 0. The number of unbranched alkanes of at least 4 members (excludes halogenated alkanes) is 1. The maximum Gasteiger partial charge on any atom is 0.208 e. The van der Waals surface area contributed by atoms with Gasteiger partial charge in [0.05, 0.1) is 5.69 Å². The number of rotatable bonds is 4. The Bertz CT molecular complexity index is 316. The normalized spacial score (nSPS) is 11.5. The summed E-state index contributed by atoms with van der Waals surface area (Å²) in [4.78, 5) is 4.06. The van der Waals surface area contributed by atoms with Crippen LogP contribution in [0.15, 0.2) is 29.3 Å². The second-order valence-corrected chi connectivity index (χ2v) is 3.41. The van der Waals surface area contributed by atoms with E-state index in [-0.39, 0.29) is 5.96 Å². The van der Waals surface area contributed by atoms with E-state index in [1.54, 1.807) is 0 Å². The fourth-order valence-corrected chi connectivity index (χ4v) is 1.29. The Morgan fingerprint density at radius 2 is 2.00 bits per heavy atom. The molecule has 4 nitrogen and oxygen atoms in total. The topological polar surface area (TPSA) is 76.4 Å². The van der Waals surface area contributed by atoms with E-state index in [1.807, 2.05) is 12.1 Å². The summed E-state index contributed by atoms with van der Waals surface area (Å²) in [6.07, 6.45) is 3.55. The van der Waals surface area contributed by atoms with Gasteiger partial charge >= 0.3 is 0 Å². The SMILES string of the molecule is CCCCc1ccc(N=C(N)NN)cc1. The third-order valence-electron chi connectivity index (χ3n) is 2.15. The lowest BCUT2D eigenvalue weighted by Crippen LogP contribution is -2.36. The molecular formula is C11H18N4. The number of benzene rings is 1. The second kappa shape index (κ2) is 6.03. The Morgan fingerprint density at radius 3 is 2.53 bits per heavy atom. The minimum Gasteiger partial charge on any atom is -0.369 e. The molecule has 4 heteroatoms. The highest BCUT2D eigenvalue weighted by molar-refractivity contribution is 5.80. The van der Waals surface area contributed by atoms with Crippen LogP contribution in [0.3, 0.4) is 0 Å². The van der Waals surface area contributed by atoms with Crippen LogP contribution in [0.2, 0.25) is 0 Å². The first-order valence-electron chi connectivity index (χ1n) is 5.16. The summed E-state index contributed by atoms with van der Waals surface area (Å²) in [6, 6.07) is 8.01. The Labute approximate surface area is 90.4 Å². The molecule has 0 atom stereocenters. The van der Waals surface area contributed by atoms with Crippen molar-refractivity contribution in [2.75, 3.05) is 0 Å². The molecule has 0 bridgehead atoms. The molecular weight excluding hydrogens is 188 g/mol. The number of hydrogen-bond donors (Lipinski definition) is 3. The summed E-state index contributed by atoms with van der Waals surface area (Å²) in [5.41, 5.74) is 9.87. The molecule has 0 saturated carbocycles. The lowest BCUT2D eigenvalue weighted by atomic mass is 10.1. The Kier molecular flexibility index (Phi) is 4.63. The Hall–Kier alpha value is -1.55. The molecule has 82 valence electrons. The molecule has 15 heavy (non-hydrogen) atoms. The molecule has 0 aromatic heterocycles. The van der Waals surface area contributed by atoms with Crippen LogP contribution in [0.25, 0.3) is 0 Å². The van der Waals surface area contributed by atoms with Gasteiger partial charge in [0.2, 0.25) is 5.96 Å². The third kappa shape index (κ3) is 3.99. The molecule has 0 aliphatic rings. The van der Waals surface area contributed by atoms with E-state index in [9.17, 15) is 0 Å². The first-order valence-corrected chi connectivity index (χ1v) is 5.16. The van der Waals surface area contributed by atoms with Gasteiger partial charge in [0.25, 0.3) is 0 Å². The highest BCUT2D eigenvalue weighted by atomic mass is 15.3. The van der Waals surface area contributed by atoms with E-state index >= 15 is 0 Å². The van der Waals surface area contributed by atoms with Crippen LogP contribution in [-0.2, 0) is 6.42 Å². The molecule has 0 heterocycles. The van der Waals surface area contributed by atoms with Crippen molar-refractivity contribution in [1.82, 2.24) is 5.43 Å². The van der Waals surface area contributed by atoms with Gasteiger partial charge in [0.1, 0.15) is 0 Å². The predicted octanol–water partition coefficient (Wildman–Crippen LogP) is 1.44. The van der Waals surface area contributed by atoms with Gasteiger partial charge in [-0.05, 0) is 30.5 Å². The summed E-state index contributed by atoms with van der Waals surface area (Å²) >= 11 is 0. The molecule has 5 N–H and O–H groups in total. The van der Waals surface area contributed by atoms with Gasteiger partial charge in [-0.1, -0.05) is 25.5 Å². The van der Waals surface area contributed by atoms with Gasteiger partial charge in [-0.2, -0.15) is 0 Å². The number of nitrogens with zero attached hydrogens (tertiary/aromatic N) is 1. The van der Waals surface area contributed by atoms with Crippen LogP contribution >= 0.6 is 0 Å². The molecule has 1 aromatic carbocycles. The van der Waals surface area contributed by atoms with Crippen LogP contribution in [-0.4, -0.2) is 5.96 Å². The minimum atomic E-state index is 0.219. The van der Waals surface area contributed by atoms with Crippen molar-refractivity contribution in [3.63, 3.8) is 0 Å². The fraction of sp³-hybridized carbons (Fsp3) is 0.364. The molecule has 0 aliphatic heterocycles. The van der Waals surface area contributed by atoms with Crippen molar-refractivity contribution < 1.29 is 0 Å². The number of guanidine groups is 1. The van der Waals surface area contributed by atoms with Crippen molar-refractivity contribution in [3.8, 4) is 0 Å². The number of hydrogen-bond acceptors (Lipinski definition) is 2. The Balaban J connectivity index is 2.64. The second-order valence-electron chi connectivity index (χ2n) is 3.41. The molecule has 0 amide bonds. The Morgan fingerprint density at radius 1 is 1.33 bits per heavy atom. The number of nitrogens with two attached hydrogens (primary N) is 2. The van der Waals surface area contributed by atoms with Gasteiger partial charge in [-0.15, -0.1) is 0 Å². The van der Waals surface area contributed by atoms with E-state index in [1.165, 1.54) is 18.4 Å².